The highest BCUT2D eigenvalue weighted by molar-refractivity contribution is 6.62. The van der Waals surface area contributed by atoms with E-state index in [9.17, 15) is 4.79 Å². The van der Waals surface area contributed by atoms with E-state index in [-0.39, 0.29) is 16.9 Å². The Balaban J connectivity index is 2.35. The highest BCUT2D eigenvalue weighted by Crippen LogP contribution is 2.36. The zero-order valence-corrected chi connectivity index (χ0v) is 10.8. The lowest BCUT2D eigenvalue weighted by Gasteiger charge is -2.32. The molecular formula is C11H17BN2O3. The summed E-state index contributed by atoms with van der Waals surface area (Å²) in [6, 6.07) is 0. The molecule has 0 atom stereocenters. The molecule has 1 fully saturated rings. The van der Waals surface area contributed by atoms with E-state index < -0.39 is 7.12 Å². The van der Waals surface area contributed by atoms with Crippen LogP contribution in [0.1, 0.15) is 33.4 Å². The van der Waals surface area contributed by atoms with Gasteiger partial charge in [-0.1, -0.05) is 0 Å². The second-order valence-corrected chi connectivity index (χ2v) is 5.36. The molecule has 1 aromatic heterocycles. The van der Waals surface area contributed by atoms with Crippen LogP contribution >= 0.6 is 0 Å². The minimum absolute atomic E-state index is 0.359. The van der Waals surface area contributed by atoms with Crippen LogP contribution in [0.25, 0.3) is 0 Å². The van der Waals surface area contributed by atoms with Crippen molar-refractivity contribution in [2.45, 2.75) is 45.8 Å². The molecule has 1 aliphatic rings. The van der Waals surface area contributed by atoms with E-state index in [1.807, 2.05) is 34.6 Å². The van der Waals surface area contributed by atoms with Gasteiger partial charge < -0.3 is 14.3 Å². The van der Waals surface area contributed by atoms with Crippen molar-refractivity contribution < 1.29 is 9.31 Å². The van der Waals surface area contributed by atoms with Gasteiger partial charge in [0.15, 0.2) is 0 Å². The van der Waals surface area contributed by atoms with E-state index in [0.717, 1.165) is 11.2 Å². The molecule has 1 aromatic rings. The summed E-state index contributed by atoms with van der Waals surface area (Å²) < 4.78 is 11.8. The van der Waals surface area contributed by atoms with Crippen LogP contribution in [0.5, 0.6) is 0 Å². The Labute approximate surface area is 101 Å². The summed E-state index contributed by atoms with van der Waals surface area (Å²) in [5.41, 5.74) is 0.357. The molecule has 1 aliphatic heterocycles. The van der Waals surface area contributed by atoms with Gasteiger partial charge in [0.05, 0.1) is 11.2 Å². The van der Waals surface area contributed by atoms with Crippen LogP contribution in [0.2, 0.25) is 0 Å². The summed E-state index contributed by atoms with van der Waals surface area (Å²) in [6.07, 6.45) is 1.51. The number of aromatic amines is 1. The Morgan fingerprint density at radius 1 is 1.24 bits per heavy atom. The van der Waals surface area contributed by atoms with Crippen LogP contribution in [-0.2, 0) is 9.31 Å². The molecule has 0 radical (unpaired) electrons. The fraction of sp³-hybridized carbons (Fsp3) is 0.636. The molecule has 1 saturated heterocycles. The van der Waals surface area contributed by atoms with Gasteiger partial charge in [-0.05, 0) is 34.6 Å². The van der Waals surface area contributed by atoms with Crippen molar-refractivity contribution in [3.63, 3.8) is 0 Å². The van der Waals surface area contributed by atoms with Gasteiger partial charge in [0.25, 0.3) is 0 Å². The first-order valence-electron chi connectivity index (χ1n) is 5.64. The van der Waals surface area contributed by atoms with Crippen molar-refractivity contribution >= 4 is 12.6 Å². The quantitative estimate of drug-likeness (QED) is 0.716. The van der Waals surface area contributed by atoms with Crippen LogP contribution < -0.4 is 11.2 Å². The van der Waals surface area contributed by atoms with Crippen molar-refractivity contribution in [3.8, 4) is 0 Å². The molecule has 0 unspecified atom stereocenters. The largest absolute Gasteiger partial charge is 0.498 e. The third-order valence-corrected chi connectivity index (χ3v) is 3.56. The summed E-state index contributed by atoms with van der Waals surface area (Å²) >= 11 is 0. The van der Waals surface area contributed by atoms with Gasteiger partial charge in [0.2, 0.25) is 0 Å². The third-order valence-electron chi connectivity index (χ3n) is 3.56. The molecule has 2 rings (SSSR count). The Hall–Kier alpha value is -1.14. The molecule has 0 bridgehead atoms. The predicted molar refractivity (Wildman–Crippen MR) is 65.3 cm³/mol. The minimum Gasteiger partial charge on any atom is -0.399 e. The van der Waals surface area contributed by atoms with Gasteiger partial charge in [0.1, 0.15) is 0 Å². The summed E-state index contributed by atoms with van der Waals surface area (Å²) in [6.45, 7) is 9.76. The number of rotatable bonds is 1. The van der Waals surface area contributed by atoms with Gasteiger partial charge in [-0.3, -0.25) is 0 Å². The molecule has 2 heterocycles. The van der Waals surface area contributed by atoms with Crippen LogP contribution in [-0.4, -0.2) is 28.3 Å². The summed E-state index contributed by atoms with van der Waals surface area (Å²) in [7, 11) is -0.482. The maximum atomic E-state index is 11.1. The first-order valence-corrected chi connectivity index (χ1v) is 5.64. The lowest BCUT2D eigenvalue weighted by atomic mass is 9.79. The fourth-order valence-corrected chi connectivity index (χ4v) is 1.70. The number of nitrogens with zero attached hydrogens (tertiary/aromatic N) is 1. The van der Waals surface area contributed by atoms with Gasteiger partial charge >= 0.3 is 12.8 Å². The van der Waals surface area contributed by atoms with Crippen molar-refractivity contribution in [2.24, 2.45) is 0 Å². The first kappa shape index (κ1) is 12.3. The molecule has 0 spiro atoms. The Bertz CT molecular complexity index is 480. The van der Waals surface area contributed by atoms with Crippen molar-refractivity contribution in [3.05, 3.63) is 22.4 Å². The van der Waals surface area contributed by atoms with Crippen LogP contribution in [0.15, 0.2) is 11.0 Å². The number of hydrogen-bond donors (Lipinski definition) is 1. The van der Waals surface area contributed by atoms with E-state index in [4.69, 9.17) is 9.31 Å². The molecule has 0 aliphatic carbocycles. The van der Waals surface area contributed by atoms with Gasteiger partial charge in [0, 0.05) is 17.4 Å². The van der Waals surface area contributed by atoms with E-state index in [1.54, 1.807) is 0 Å². The predicted octanol–water partition coefficient (Wildman–Crippen LogP) is 0.378. The zero-order valence-electron chi connectivity index (χ0n) is 10.8. The molecule has 0 saturated carbocycles. The normalized spacial score (nSPS) is 21.8. The molecule has 0 amide bonds. The molecule has 1 N–H and O–H groups in total. The standard InChI is InChI=1S/C11H17BN2O3/c1-7-8(6-13-9(15)14-7)12-16-10(2,3)11(4,5)17-12/h6H,1-5H3,(H,13,14,15). The Morgan fingerprint density at radius 2 is 1.76 bits per heavy atom. The van der Waals surface area contributed by atoms with E-state index >= 15 is 0 Å². The average molecular weight is 236 g/mol. The van der Waals surface area contributed by atoms with Crippen molar-refractivity contribution in [1.29, 1.82) is 0 Å². The molecule has 5 nitrogen and oxygen atoms in total. The maximum Gasteiger partial charge on any atom is 0.498 e. The SMILES string of the molecule is Cc1[nH]c(=O)ncc1B1OC(C)(C)C(C)(C)O1. The van der Waals surface area contributed by atoms with E-state index in [2.05, 4.69) is 9.97 Å². The van der Waals surface area contributed by atoms with Crippen LogP contribution in [0.3, 0.4) is 0 Å². The number of H-pyrrole nitrogens is 1. The average Bonchev–Trinajstić information content (AvgIpc) is 2.35. The second-order valence-electron chi connectivity index (χ2n) is 5.36. The Kier molecular flexibility index (Phi) is 2.67. The van der Waals surface area contributed by atoms with E-state index in [0.29, 0.717) is 0 Å². The number of nitrogens with one attached hydrogen (secondary N) is 1. The van der Waals surface area contributed by atoms with Gasteiger partial charge in [-0.15, -0.1) is 0 Å². The topological polar surface area (TPSA) is 64.2 Å². The van der Waals surface area contributed by atoms with Crippen molar-refractivity contribution in [2.75, 3.05) is 0 Å². The summed E-state index contributed by atoms with van der Waals surface area (Å²) in [5.74, 6) is 0. The monoisotopic (exact) mass is 236 g/mol. The zero-order chi connectivity index (χ0) is 12.8. The smallest absolute Gasteiger partial charge is 0.399 e. The number of aromatic nitrogens is 2. The maximum absolute atomic E-state index is 11.1. The van der Waals surface area contributed by atoms with Gasteiger partial charge in [-0.25, -0.2) is 9.78 Å². The lowest BCUT2D eigenvalue weighted by Crippen LogP contribution is -2.41. The number of hydrogen-bond acceptors (Lipinski definition) is 4. The fourth-order valence-electron chi connectivity index (χ4n) is 1.70. The van der Waals surface area contributed by atoms with Crippen LogP contribution in [0, 0.1) is 6.92 Å². The summed E-state index contributed by atoms with van der Waals surface area (Å²) in [4.78, 5) is 17.4. The molecule has 17 heavy (non-hydrogen) atoms. The first-order chi connectivity index (χ1) is 7.73. The molecule has 6 heteroatoms. The minimum atomic E-state index is -0.482. The van der Waals surface area contributed by atoms with E-state index in [1.165, 1.54) is 6.20 Å². The molecule has 92 valence electrons. The highest BCUT2D eigenvalue weighted by Gasteiger charge is 2.52. The highest BCUT2D eigenvalue weighted by atomic mass is 16.7. The van der Waals surface area contributed by atoms with Crippen molar-refractivity contribution in [1.82, 2.24) is 9.97 Å². The Morgan fingerprint density at radius 3 is 2.24 bits per heavy atom. The molecular weight excluding hydrogens is 219 g/mol. The number of aryl methyl sites for hydroxylation is 1. The van der Waals surface area contributed by atoms with Crippen LogP contribution in [0.4, 0.5) is 0 Å². The third kappa shape index (κ3) is 2.02. The summed E-state index contributed by atoms with van der Waals surface area (Å²) in [5, 5.41) is 0. The molecule has 0 aromatic carbocycles. The lowest BCUT2D eigenvalue weighted by molar-refractivity contribution is 0.00578. The van der Waals surface area contributed by atoms with Gasteiger partial charge in [-0.2, -0.15) is 0 Å². The second kappa shape index (κ2) is 3.68.